The van der Waals surface area contributed by atoms with Crippen molar-refractivity contribution in [2.24, 2.45) is 5.73 Å². The lowest BCUT2D eigenvalue weighted by atomic mass is 10.1. The minimum Gasteiger partial charge on any atom is -0.378 e. The summed E-state index contributed by atoms with van der Waals surface area (Å²) in [7, 11) is 1.50. The second-order valence-corrected chi connectivity index (χ2v) is 10.4. The molecule has 3 N–H and O–H groups in total. The first-order valence-corrected chi connectivity index (χ1v) is 11.8. The number of ether oxygens (including phenoxy) is 1. The van der Waals surface area contributed by atoms with E-state index in [-0.39, 0.29) is 33.8 Å². The predicted octanol–water partition coefficient (Wildman–Crippen LogP) is 1.96. The van der Waals surface area contributed by atoms with Gasteiger partial charge in [-0.2, -0.15) is 5.10 Å². The number of fused-ring (bicyclic) bond motifs is 3. The van der Waals surface area contributed by atoms with Crippen molar-refractivity contribution in [1.29, 1.82) is 0 Å². The average molecular weight is 456 g/mol. The van der Waals surface area contributed by atoms with Gasteiger partial charge >= 0.3 is 0 Å². The van der Waals surface area contributed by atoms with E-state index in [0.717, 1.165) is 17.9 Å². The fourth-order valence-corrected chi connectivity index (χ4v) is 7.90. The molecule has 1 atom stereocenters. The highest BCUT2D eigenvalue weighted by atomic mass is 32.2. The van der Waals surface area contributed by atoms with Crippen molar-refractivity contribution >= 4 is 41.0 Å². The summed E-state index contributed by atoms with van der Waals surface area (Å²) in [5, 5.41) is 7.65. The summed E-state index contributed by atoms with van der Waals surface area (Å²) in [6, 6.07) is 9.95. The first kappa shape index (κ1) is 20.3. The zero-order valence-electron chi connectivity index (χ0n) is 16.8. The predicted molar refractivity (Wildman–Crippen MR) is 120 cm³/mol. The SMILES string of the molecule is COCc1nn2c(C(=O)NC3Cc4ccccc4C34SCCS4)ccnc2c1C(N)=O. The van der Waals surface area contributed by atoms with Gasteiger partial charge < -0.3 is 15.8 Å². The molecule has 3 aromatic rings. The number of hydrogen-bond acceptors (Lipinski definition) is 7. The van der Waals surface area contributed by atoms with Crippen LogP contribution in [0.2, 0.25) is 0 Å². The molecule has 2 aromatic heterocycles. The number of nitrogens with one attached hydrogen (secondary N) is 1. The quantitative estimate of drug-likeness (QED) is 0.605. The number of benzene rings is 1. The van der Waals surface area contributed by atoms with Gasteiger partial charge in [-0.15, -0.1) is 23.5 Å². The molecule has 160 valence electrons. The van der Waals surface area contributed by atoms with Crippen molar-refractivity contribution in [3.8, 4) is 0 Å². The standard InChI is InChI=1S/C21H21N5O3S2/c1-29-11-14-17(18(22)27)19-23-7-6-15(26(19)25-14)20(28)24-16-10-12-4-2-3-5-13(12)21(16)30-8-9-31-21/h2-7,16H,8-11H2,1H3,(H2,22,27)(H,24,28). The monoisotopic (exact) mass is 455 g/mol. The van der Waals surface area contributed by atoms with Gasteiger partial charge in [0.15, 0.2) is 5.65 Å². The van der Waals surface area contributed by atoms with Crippen LogP contribution in [0.1, 0.15) is 37.7 Å². The number of methoxy groups -OCH3 is 1. The first-order valence-electron chi connectivity index (χ1n) is 9.87. The molecule has 31 heavy (non-hydrogen) atoms. The third-order valence-corrected chi connectivity index (χ3v) is 9.30. The zero-order valence-corrected chi connectivity index (χ0v) is 18.5. The van der Waals surface area contributed by atoms with Crippen LogP contribution in [0.5, 0.6) is 0 Å². The van der Waals surface area contributed by atoms with E-state index in [0.29, 0.717) is 11.4 Å². The lowest BCUT2D eigenvalue weighted by Gasteiger charge is -2.31. The Morgan fingerprint density at radius 3 is 2.81 bits per heavy atom. The molecule has 8 nitrogen and oxygen atoms in total. The number of rotatable bonds is 5. The maximum absolute atomic E-state index is 13.4. The molecular weight excluding hydrogens is 434 g/mol. The summed E-state index contributed by atoms with van der Waals surface area (Å²) in [5.74, 6) is 1.18. The number of aromatic nitrogens is 3. The molecule has 1 saturated heterocycles. The minimum atomic E-state index is -0.656. The van der Waals surface area contributed by atoms with E-state index in [1.165, 1.54) is 28.9 Å². The molecule has 0 saturated carbocycles. The van der Waals surface area contributed by atoms with Crippen LogP contribution in [0.3, 0.4) is 0 Å². The first-order chi connectivity index (χ1) is 15.0. The maximum Gasteiger partial charge on any atom is 0.270 e. The molecule has 2 aliphatic rings. The summed E-state index contributed by atoms with van der Waals surface area (Å²) < 4.78 is 6.34. The lowest BCUT2D eigenvalue weighted by molar-refractivity contribution is 0.0927. The Balaban J connectivity index is 1.52. The molecule has 0 bridgehead atoms. The number of amides is 2. The Labute approximate surface area is 187 Å². The van der Waals surface area contributed by atoms with Gasteiger partial charge in [0.25, 0.3) is 11.8 Å². The van der Waals surface area contributed by atoms with Gasteiger partial charge in [-0.1, -0.05) is 24.3 Å². The topological polar surface area (TPSA) is 112 Å². The third kappa shape index (κ3) is 3.20. The number of carbonyl (C=O) groups is 2. The number of nitrogens with zero attached hydrogens (tertiary/aromatic N) is 3. The van der Waals surface area contributed by atoms with Crippen molar-refractivity contribution < 1.29 is 14.3 Å². The Morgan fingerprint density at radius 2 is 2.06 bits per heavy atom. The van der Waals surface area contributed by atoms with Crippen LogP contribution in [-0.4, -0.2) is 51.1 Å². The highest BCUT2D eigenvalue weighted by Crippen LogP contribution is 2.58. The largest absolute Gasteiger partial charge is 0.378 e. The summed E-state index contributed by atoms with van der Waals surface area (Å²) >= 11 is 3.79. The van der Waals surface area contributed by atoms with E-state index in [4.69, 9.17) is 10.5 Å². The summed E-state index contributed by atoms with van der Waals surface area (Å²) in [5.41, 5.74) is 9.19. The van der Waals surface area contributed by atoms with Crippen LogP contribution in [0.25, 0.3) is 5.65 Å². The molecule has 0 radical (unpaired) electrons. The molecule has 2 amide bonds. The zero-order chi connectivity index (χ0) is 21.6. The van der Waals surface area contributed by atoms with E-state index >= 15 is 0 Å². The number of nitrogens with two attached hydrogens (primary N) is 1. The lowest BCUT2D eigenvalue weighted by Crippen LogP contribution is -2.44. The third-order valence-electron chi connectivity index (χ3n) is 5.65. The van der Waals surface area contributed by atoms with Gasteiger partial charge in [-0.25, -0.2) is 9.50 Å². The van der Waals surface area contributed by atoms with Gasteiger partial charge in [0.05, 0.1) is 12.6 Å². The van der Waals surface area contributed by atoms with Crippen molar-refractivity contribution in [2.75, 3.05) is 18.6 Å². The van der Waals surface area contributed by atoms with Crippen LogP contribution in [-0.2, 0) is 21.8 Å². The van der Waals surface area contributed by atoms with Gasteiger partial charge in [-0.05, 0) is 23.6 Å². The van der Waals surface area contributed by atoms with Crippen LogP contribution in [0.15, 0.2) is 36.5 Å². The Morgan fingerprint density at radius 1 is 1.29 bits per heavy atom. The van der Waals surface area contributed by atoms with Crippen LogP contribution in [0.4, 0.5) is 0 Å². The molecule has 10 heteroatoms. The van der Waals surface area contributed by atoms with E-state index < -0.39 is 5.91 Å². The summed E-state index contributed by atoms with van der Waals surface area (Å²) in [6.07, 6.45) is 2.27. The van der Waals surface area contributed by atoms with Crippen LogP contribution in [0, 0.1) is 0 Å². The highest BCUT2D eigenvalue weighted by molar-refractivity contribution is 8.20. The van der Waals surface area contributed by atoms with Crippen molar-refractivity contribution in [3.63, 3.8) is 0 Å². The Bertz CT molecular complexity index is 1190. The summed E-state index contributed by atoms with van der Waals surface area (Å²) in [4.78, 5) is 29.6. The second kappa shape index (κ2) is 7.85. The Kier molecular flexibility index (Phi) is 5.15. The van der Waals surface area contributed by atoms with Gasteiger partial charge in [0.2, 0.25) is 0 Å². The Hall–Kier alpha value is -2.56. The van der Waals surface area contributed by atoms with E-state index in [2.05, 4.69) is 33.6 Å². The van der Waals surface area contributed by atoms with Gasteiger partial charge in [0, 0.05) is 24.8 Å². The molecule has 1 fully saturated rings. The molecule has 5 rings (SSSR count). The highest BCUT2D eigenvalue weighted by Gasteiger charge is 2.50. The van der Waals surface area contributed by atoms with Gasteiger partial charge in [0.1, 0.15) is 21.0 Å². The molecule has 3 heterocycles. The number of carbonyl (C=O) groups excluding carboxylic acids is 2. The molecule has 1 aliphatic heterocycles. The van der Waals surface area contributed by atoms with Crippen molar-refractivity contribution in [2.45, 2.75) is 23.1 Å². The second-order valence-electron chi connectivity index (χ2n) is 7.44. The fourth-order valence-electron chi connectivity index (χ4n) is 4.39. The molecule has 1 unspecified atom stereocenters. The number of primary amides is 1. The minimum absolute atomic E-state index is 0.0530. The van der Waals surface area contributed by atoms with Gasteiger partial charge in [-0.3, -0.25) is 9.59 Å². The molecule has 1 spiro atoms. The van der Waals surface area contributed by atoms with E-state index in [1.54, 1.807) is 6.07 Å². The fraction of sp³-hybridized carbons (Fsp3) is 0.333. The number of hydrogen-bond donors (Lipinski definition) is 2. The average Bonchev–Trinajstić information content (AvgIpc) is 3.46. The van der Waals surface area contributed by atoms with Crippen LogP contribution < -0.4 is 11.1 Å². The smallest absolute Gasteiger partial charge is 0.270 e. The normalized spacial score (nSPS) is 19.1. The summed E-state index contributed by atoms with van der Waals surface area (Å²) in [6.45, 7) is 0.0943. The maximum atomic E-state index is 13.4. The molecule has 1 aliphatic carbocycles. The van der Waals surface area contributed by atoms with E-state index in [1.807, 2.05) is 29.6 Å². The van der Waals surface area contributed by atoms with Crippen molar-refractivity contribution in [1.82, 2.24) is 19.9 Å². The molecule has 1 aromatic carbocycles. The van der Waals surface area contributed by atoms with Crippen molar-refractivity contribution in [3.05, 3.63) is 64.6 Å². The van der Waals surface area contributed by atoms with E-state index in [9.17, 15) is 9.59 Å². The number of thioether (sulfide) groups is 2. The van der Waals surface area contributed by atoms with Crippen LogP contribution >= 0.6 is 23.5 Å². The molecular formula is C21H21N5O3S2.